The van der Waals surface area contributed by atoms with Crippen molar-refractivity contribution in [1.29, 1.82) is 0 Å². The molecule has 32 heavy (non-hydrogen) atoms. The van der Waals surface area contributed by atoms with Crippen molar-refractivity contribution in [2.75, 3.05) is 13.2 Å². The van der Waals surface area contributed by atoms with Crippen LogP contribution in [0.1, 0.15) is 0 Å². The summed E-state index contributed by atoms with van der Waals surface area (Å²) in [5.41, 5.74) is 5.87. The van der Waals surface area contributed by atoms with E-state index in [4.69, 9.17) is 14.5 Å². The number of hydrogen-bond acceptors (Lipinski definition) is 6. The molecule has 7 rings (SSSR count). The number of hydrogen-bond donors (Lipinski definition) is 1. The van der Waals surface area contributed by atoms with E-state index in [-0.39, 0.29) is 0 Å². The second kappa shape index (κ2) is 6.77. The first-order valence-corrected chi connectivity index (χ1v) is 11.2. The molecule has 6 nitrogen and oxygen atoms in total. The monoisotopic (exact) mass is 436 g/mol. The van der Waals surface area contributed by atoms with E-state index in [0.717, 1.165) is 66.2 Å². The van der Waals surface area contributed by atoms with Crippen LogP contribution in [0.4, 0.5) is 0 Å². The van der Waals surface area contributed by atoms with Crippen LogP contribution in [0.5, 0.6) is 11.5 Å². The Hall–Kier alpha value is -3.97. The zero-order valence-electron chi connectivity index (χ0n) is 16.8. The van der Waals surface area contributed by atoms with Crippen LogP contribution >= 0.6 is 11.3 Å². The molecular formula is C25H16N4O2S. The third-order valence-corrected chi connectivity index (χ3v) is 6.71. The Morgan fingerprint density at radius 1 is 0.781 bits per heavy atom. The van der Waals surface area contributed by atoms with Gasteiger partial charge in [-0.05, 0) is 59.0 Å². The van der Waals surface area contributed by atoms with Gasteiger partial charge in [-0.3, -0.25) is 9.97 Å². The van der Waals surface area contributed by atoms with Crippen LogP contribution < -0.4 is 9.47 Å². The van der Waals surface area contributed by atoms with E-state index in [1.165, 1.54) is 0 Å². The average Bonchev–Trinajstić information content (AvgIpc) is 3.52. The summed E-state index contributed by atoms with van der Waals surface area (Å²) in [6, 6.07) is 16.2. The number of ether oxygens (including phenoxy) is 2. The number of aromatic amines is 1. The van der Waals surface area contributed by atoms with Gasteiger partial charge in [-0.15, -0.1) is 11.3 Å². The van der Waals surface area contributed by atoms with E-state index in [1.807, 2.05) is 24.3 Å². The van der Waals surface area contributed by atoms with Gasteiger partial charge in [0, 0.05) is 23.2 Å². The van der Waals surface area contributed by atoms with Crippen LogP contribution in [-0.4, -0.2) is 33.1 Å². The SMILES string of the molecule is c1cnc2c(c1)c1nc(-c3cc(-c4ccc5c(c4)OCCO5)cs3)[nH]c1c1cccnc12. The van der Waals surface area contributed by atoms with E-state index in [0.29, 0.717) is 13.2 Å². The van der Waals surface area contributed by atoms with E-state index in [2.05, 4.69) is 44.6 Å². The highest BCUT2D eigenvalue weighted by atomic mass is 32.1. The number of H-pyrrole nitrogens is 1. The lowest BCUT2D eigenvalue weighted by atomic mass is 10.1. The Balaban J connectivity index is 1.38. The van der Waals surface area contributed by atoms with Gasteiger partial charge in [0.2, 0.25) is 0 Å². The summed E-state index contributed by atoms with van der Waals surface area (Å²) in [6.45, 7) is 1.17. The summed E-state index contributed by atoms with van der Waals surface area (Å²) >= 11 is 1.66. The Morgan fingerprint density at radius 2 is 1.56 bits per heavy atom. The van der Waals surface area contributed by atoms with Crippen LogP contribution in [0.25, 0.3) is 54.7 Å². The minimum Gasteiger partial charge on any atom is -0.486 e. The number of benzene rings is 2. The van der Waals surface area contributed by atoms with Crippen LogP contribution in [0.2, 0.25) is 0 Å². The Morgan fingerprint density at radius 3 is 2.44 bits per heavy atom. The van der Waals surface area contributed by atoms with Crippen LogP contribution in [-0.2, 0) is 0 Å². The van der Waals surface area contributed by atoms with Gasteiger partial charge in [0.05, 0.1) is 26.9 Å². The summed E-state index contributed by atoms with van der Waals surface area (Å²) in [5, 5.41) is 4.17. The molecule has 0 radical (unpaired) electrons. The summed E-state index contributed by atoms with van der Waals surface area (Å²) in [6.07, 6.45) is 3.60. The lowest BCUT2D eigenvalue weighted by molar-refractivity contribution is 0.171. The molecule has 0 fully saturated rings. The quantitative estimate of drug-likeness (QED) is 0.346. The zero-order chi connectivity index (χ0) is 21.1. The molecule has 5 heterocycles. The molecule has 0 saturated heterocycles. The Bertz CT molecular complexity index is 1580. The third kappa shape index (κ3) is 2.61. The Labute approximate surface area is 186 Å². The average molecular weight is 436 g/mol. The highest BCUT2D eigenvalue weighted by Gasteiger charge is 2.17. The van der Waals surface area contributed by atoms with E-state index in [1.54, 1.807) is 23.7 Å². The molecule has 0 aliphatic carbocycles. The van der Waals surface area contributed by atoms with Crippen LogP contribution in [0.15, 0.2) is 66.3 Å². The van der Waals surface area contributed by atoms with Gasteiger partial charge in [0.15, 0.2) is 11.5 Å². The fraction of sp³-hybridized carbons (Fsp3) is 0.0800. The second-order valence-corrected chi connectivity index (χ2v) is 8.58. The van der Waals surface area contributed by atoms with Crippen molar-refractivity contribution in [3.63, 3.8) is 0 Å². The normalized spacial score (nSPS) is 13.2. The number of rotatable bonds is 2. The maximum atomic E-state index is 5.75. The molecule has 1 aliphatic heterocycles. The fourth-order valence-corrected chi connectivity index (χ4v) is 5.16. The smallest absolute Gasteiger partial charge is 0.161 e. The third-order valence-electron chi connectivity index (χ3n) is 5.78. The number of aromatic nitrogens is 4. The van der Waals surface area contributed by atoms with Crippen molar-refractivity contribution in [3.8, 4) is 33.3 Å². The lowest BCUT2D eigenvalue weighted by Gasteiger charge is -2.18. The molecule has 2 aromatic carbocycles. The van der Waals surface area contributed by atoms with Gasteiger partial charge in [-0.25, -0.2) is 4.98 Å². The highest BCUT2D eigenvalue weighted by molar-refractivity contribution is 7.13. The van der Waals surface area contributed by atoms with Crippen LogP contribution in [0.3, 0.4) is 0 Å². The van der Waals surface area contributed by atoms with Crippen molar-refractivity contribution in [3.05, 3.63) is 66.3 Å². The minimum atomic E-state index is 0.579. The summed E-state index contributed by atoms with van der Waals surface area (Å²) in [7, 11) is 0. The lowest BCUT2D eigenvalue weighted by Crippen LogP contribution is -2.15. The predicted octanol–water partition coefficient (Wildman–Crippen LogP) is 5.83. The Kier molecular flexibility index (Phi) is 3.74. The first kappa shape index (κ1) is 17.7. The maximum Gasteiger partial charge on any atom is 0.161 e. The van der Waals surface area contributed by atoms with E-state index < -0.39 is 0 Å². The number of imidazole rings is 1. The molecule has 0 atom stereocenters. The topological polar surface area (TPSA) is 72.9 Å². The van der Waals surface area contributed by atoms with E-state index >= 15 is 0 Å². The standard InChI is InChI=1S/C25H16N4O2S/c1-3-16-21(26-7-1)22-17(4-2-8-27-22)24-23(16)28-25(29-24)20-12-15(13-32-20)14-5-6-18-19(11-14)31-10-9-30-18/h1-8,11-13H,9-10H2,(H,28,29). The molecular weight excluding hydrogens is 420 g/mol. The van der Waals surface area contributed by atoms with E-state index in [9.17, 15) is 0 Å². The molecule has 1 N–H and O–H groups in total. The molecule has 4 aromatic heterocycles. The van der Waals surface area contributed by atoms with Gasteiger partial charge in [-0.1, -0.05) is 6.07 Å². The first-order valence-electron chi connectivity index (χ1n) is 10.4. The predicted molar refractivity (Wildman–Crippen MR) is 126 cm³/mol. The highest BCUT2D eigenvalue weighted by Crippen LogP contribution is 2.39. The summed E-state index contributed by atoms with van der Waals surface area (Å²) in [5.74, 6) is 2.44. The first-order chi connectivity index (χ1) is 15.8. The van der Waals surface area contributed by atoms with Crippen molar-refractivity contribution < 1.29 is 9.47 Å². The number of thiophene rings is 1. The van der Waals surface area contributed by atoms with Crippen LogP contribution in [0, 0.1) is 0 Å². The number of nitrogens with one attached hydrogen (secondary N) is 1. The molecule has 1 aliphatic rings. The molecule has 154 valence electrons. The molecule has 6 aromatic rings. The molecule has 0 saturated carbocycles. The molecule has 0 amide bonds. The minimum absolute atomic E-state index is 0.579. The van der Waals surface area contributed by atoms with Gasteiger partial charge >= 0.3 is 0 Å². The zero-order valence-corrected chi connectivity index (χ0v) is 17.6. The van der Waals surface area contributed by atoms with Gasteiger partial charge in [0.1, 0.15) is 19.0 Å². The molecule has 0 spiro atoms. The molecule has 7 heteroatoms. The molecule has 0 unspecified atom stereocenters. The largest absolute Gasteiger partial charge is 0.486 e. The maximum absolute atomic E-state index is 5.75. The molecule has 0 bridgehead atoms. The summed E-state index contributed by atoms with van der Waals surface area (Å²) < 4.78 is 11.4. The van der Waals surface area contributed by atoms with Gasteiger partial charge < -0.3 is 14.5 Å². The van der Waals surface area contributed by atoms with Crippen molar-refractivity contribution >= 4 is 44.2 Å². The van der Waals surface area contributed by atoms with Crippen molar-refractivity contribution in [2.24, 2.45) is 0 Å². The second-order valence-electron chi connectivity index (χ2n) is 7.67. The fourth-order valence-electron chi connectivity index (χ4n) is 4.30. The van der Waals surface area contributed by atoms with Crippen molar-refractivity contribution in [2.45, 2.75) is 0 Å². The van der Waals surface area contributed by atoms with Gasteiger partial charge in [-0.2, -0.15) is 0 Å². The summed E-state index contributed by atoms with van der Waals surface area (Å²) in [4.78, 5) is 18.8. The number of nitrogens with zero attached hydrogens (tertiary/aromatic N) is 3. The van der Waals surface area contributed by atoms with Gasteiger partial charge in [0.25, 0.3) is 0 Å². The number of pyridine rings is 2. The number of fused-ring (bicyclic) bond motifs is 7. The van der Waals surface area contributed by atoms with Crippen molar-refractivity contribution in [1.82, 2.24) is 19.9 Å².